The maximum absolute atomic E-state index is 10.9. The molecule has 0 saturated heterocycles. The van der Waals surface area contributed by atoms with E-state index in [0.717, 1.165) is 0 Å². The average Bonchev–Trinajstić information content (AvgIpc) is 2.13. The van der Waals surface area contributed by atoms with Crippen molar-refractivity contribution in [2.24, 2.45) is 0 Å². The van der Waals surface area contributed by atoms with E-state index in [1.54, 1.807) is 0 Å². The summed E-state index contributed by atoms with van der Waals surface area (Å²) in [6.45, 7) is 6.75. The third-order valence-electron chi connectivity index (χ3n) is 1.58. The van der Waals surface area contributed by atoms with Crippen LogP contribution in [0.25, 0.3) is 0 Å². The van der Waals surface area contributed by atoms with E-state index in [0.29, 0.717) is 25.7 Å². The Kier molecular flexibility index (Phi) is 7.13. The van der Waals surface area contributed by atoms with E-state index < -0.39 is 0 Å². The zero-order chi connectivity index (χ0) is 10.8. The largest absolute Gasteiger partial charge is 0.333 e. The number of rotatable bonds is 7. The summed E-state index contributed by atoms with van der Waals surface area (Å²) in [7, 11) is 0. The third-order valence-corrected chi connectivity index (χ3v) is 1.58. The van der Waals surface area contributed by atoms with Crippen molar-refractivity contribution >= 4 is 11.8 Å². The Morgan fingerprint density at radius 3 is 1.57 bits per heavy atom. The molecule has 0 aromatic heterocycles. The van der Waals surface area contributed by atoms with Crippen LogP contribution in [0.3, 0.4) is 0 Å². The molecule has 0 radical (unpaired) electrons. The van der Waals surface area contributed by atoms with Crippen molar-refractivity contribution in [3.8, 4) is 0 Å². The zero-order valence-electron chi connectivity index (χ0n) is 8.21. The number of amides is 2. The van der Waals surface area contributed by atoms with Crippen LogP contribution in [0.2, 0.25) is 0 Å². The van der Waals surface area contributed by atoms with Crippen molar-refractivity contribution in [2.45, 2.75) is 25.7 Å². The van der Waals surface area contributed by atoms with Crippen molar-refractivity contribution < 1.29 is 9.59 Å². The normalized spacial score (nSPS) is 8.86. The van der Waals surface area contributed by atoms with Gasteiger partial charge in [-0.15, -0.1) is 0 Å². The van der Waals surface area contributed by atoms with Crippen molar-refractivity contribution in [3.05, 3.63) is 25.6 Å². The molecule has 0 atom stereocenters. The summed E-state index contributed by atoms with van der Waals surface area (Å²) in [6, 6.07) is 0. The van der Waals surface area contributed by atoms with Crippen LogP contribution < -0.4 is 10.6 Å². The molecule has 0 bridgehead atoms. The highest BCUT2D eigenvalue weighted by molar-refractivity contribution is 5.77. The Hall–Kier alpha value is -1.58. The third kappa shape index (κ3) is 7.09. The molecule has 0 saturated carbocycles. The van der Waals surface area contributed by atoms with Gasteiger partial charge in [0.2, 0.25) is 11.8 Å². The van der Waals surface area contributed by atoms with Crippen molar-refractivity contribution in [1.82, 2.24) is 10.6 Å². The lowest BCUT2D eigenvalue weighted by atomic mass is 10.2. The second-order valence-corrected chi connectivity index (χ2v) is 2.75. The van der Waals surface area contributed by atoms with Crippen molar-refractivity contribution in [2.75, 3.05) is 0 Å². The highest BCUT2D eigenvalue weighted by Gasteiger charge is 2.01. The van der Waals surface area contributed by atoms with Crippen LogP contribution in [0.4, 0.5) is 0 Å². The van der Waals surface area contributed by atoms with Gasteiger partial charge in [-0.25, -0.2) is 0 Å². The van der Waals surface area contributed by atoms with Gasteiger partial charge >= 0.3 is 0 Å². The molecule has 2 N–H and O–H groups in total. The first kappa shape index (κ1) is 12.4. The van der Waals surface area contributed by atoms with E-state index in [9.17, 15) is 9.59 Å². The van der Waals surface area contributed by atoms with Gasteiger partial charge in [0.05, 0.1) is 0 Å². The fourth-order valence-electron chi connectivity index (χ4n) is 0.943. The maximum atomic E-state index is 10.9. The number of carbonyl (C=O) groups is 2. The van der Waals surface area contributed by atoms with E-state index in [1.165, 1.54) is 12.4 Å². The summed E-state index contributed by atoms with van der Waals surface area (Å²) in [5.41, 5.74) is 0. The molecule has 4 nitrogen and oxygen atoms in total. The second kappa shape index (κ2) is 8.04. The summed E-state index contributed by atoms with van der Waals surface area (Å²) in [5, 5.41) is 4.93. The molecule has 0 fully saturated rings. The molecule has 0 rings (SSSR count). The van der Waals surface area contributed by atoms with Gasteiger partial charge in [-0.3, -0.25) is 9.59 Å². The molecule has 0 aromatic carbocycles. The van der Waals surface area contributed by atoms with Crippen molar-refractivity contribution in [1.29, 1.82) is 0 Å². The number of nitrogens with one attached hydrogen (secondary N) is 2. The van der Waals surface area contributed by atoms with Gasteiger partial charge in [-0.2, -0.15) is 0 Å². The molecular weight excluding hydrogens is 180 g/mol. The van der Waals surface area contributed by atoms with E-state index in [1.807, 2.05) is 0 Å². The van der Waals surface area contributed by atoms with Crippen LogP contribution in [0.15, 0.2) is 25.6 Å². The Morgan fingerprint density at radius 2 is 1.29 bits per heavy atom. The summed E-state index contributed by atoms with van der Waals surface area (Å²) in [5.74, 6) is -0.131. The van der Waals surface area contributed by atoms with Gasteiger partial charge in [0.25, 0.3) is 0 Å². The molecule has 0 aliphatic rings. The molecule has 78 valence electrons. The molecular formula is C10H16N2O2. The van der Waals surface area contributed by atoms with Crippen LogP contribution in [-0.4, -0.2) is 11.8 Å². The molecule has 2 amide bonds. The lowest BCUT2D eigenvalue weighted by Crippen LogP contribution is -2.17. The predicted octanol–water partition coefficient (Wildman–Crippen LogP) is 1.07. The molecule has 0 heterocycles. The molecule has 0 aliphatic heterocycles. The Morgan fingerprint density at radius 1 is 0.929 bits per heavy atom. The minimum absolute atomic E-state index is 0.0656. The molecule has 14 heavy (non-hydrogen) atoms. The molecule has 0 aromatic rings. The Balaban J connectivity index is 3.36. The molecule has 0 unspecified atom stereocenters. The number of hydrogen-bond acceptors (Lipinski definition) is 2. The lowest BCUT2D eigenvalue weighted by molar-refractivity contribution is -0.122. The lowest BCUT2D eigenvalue weighted by Gasteiger charge is -2.00. The van der Waals surface area contributed by atoms with Gasteiger partial charge in [0, 0.05) is 12.8 Å². The van der Waals surface area contributed by atoms with E-state index >= 15 is 0 Å². The second-order valence-electron chi connectivity index (χ2n) is 2.75. The smallest absolute Gasteiger partial charge is 0.223 e. The van der Waals surface area contributed by atoms with Crippen LogP contribution in [0.1, 0.15) is 25.7 Å². The van der Waals surface area contributed by atoms with Gasteiger partial charge in [-0.05, 0) is 25.2 Å². The van der Waals surface area contributed by atoms with E-state index in [-0.39, 0.29) is 11.8 Å². The van der Waals surface area contributed by atoms with Crippen LogP contribution >= 0.6 is 0 Å². The van der Waals surface area contributed by atoms with Crippen LogP contribution in [0.5, 0.6) is 0 Å². The van der Waals surface area contributed by atoms with Gasteiger partial charge in [-0.1, -0.05) is 13.2 Å². The fourth-order valence-corrected chi connectivity index (χ4v) is 0.943. The minimum Gasteiger partial charge on any atom is -0.333 e. The maximum Gasteiger partial charge on any atom is 0.223 e. The molecule has 0 spiro atoms. The number of unbranched alkanes of at least 4 members (excludes halogenated alkanes) is 1. The van der Waals surface area contributed by atoms with E-state index in [4.69, 9.17) is 0 Å². The van der Waals surface area contributed by atoms with E-state index in [2.05, 4.69) is 23.8 Å². The van der Waals surface area contributed by atoms with Gasteiger partial charge < -0.3 is 10.6 Å². The Bertz CT molecular complexity index is 200. The first-order valence-corrected chi connectivity index (χ1v) is 4.51. The van der Waals surface area contributed by atoms with Crippen molar-refractivity contribution in [3.63, 3.8) is 0 Å². The zero-order valence-corrected chi connectivity index (χ0v) is 8.21. The molecule has 4 heteroatoms. The Labute approximate surface area is 84.1 Å². The number of carbonyl (C=O) groups excluding carboxylic acids is 2. The standard InChI is InChI=1S/C10H16N2O2/c1-3-11-9(13)7-5-6-8-10(14)12-4-2/h3-4H,1-2,5-8H2,(H,11,13)(H,12,14). The number of hydrogen-bond donors (Lipinski definition) is 2. The fraction of sp³-hybridized carbons (Fsp3) is 0.400. The van der Waals surface area contributed by atoms with Crippen LogP contribution in [-0.2, 0) is 9.59 Å². The monoisotopic (exact) mass is 196 g/mol. The topological polar surface area (TPSA) is 58.2 Å². The highest BCUT2D eigenvalue weighted by atomic mass is 16.2. The summed E-state index contributed by atoms with van der Waals surface area (Å²) in [4.78, 5) is 21.8. The SMILES string of the molecule is C=CNC(=O)CCCCC(=O)NC=C. The highest BCUT2D eigenvalue weighted by Crippen LogP contribution is 1.99. The minimum atomic E-state index is -0.0656. The average molecular weight is 196 g/mol. The summed E-state index contributed by atoms with van der Waals surface area (Å²) in [6.07, 6.45) is 4.95. The van der Waals surface area contributed by atoms with Gasteiger partial charge in [0.1, 0.15) is 0 Å². The molecule has 0 aliphatic carbocycles. The predicted molar refractivity (Wildman–Crippen MR) is 55.1 cm³/mol. The summed E-state index contributed by atoms with van der Waals surface area (Å²) < 4.78 is 0. The first-order valence-electron chi connectivity index (χ1n) is 4.51. The summed E-state index contributed by atoms with van der Waals surface area (Å²) >= 11 is 0. The first-order chi connectivity index (χ1) is 6.70. The van der Waals surface area contributed by atoms with Crippen LogP contribution in [0, 0.1) is 0 Å². The quantitative estimate of drug-likeness (QED) is 0.598. The van der Waals surface area contributed by atoms with Gasteiger partial charge in [0.15, 0.2) is 0 Å².